The quantitative estimate of drug-likeness (QED) is 0.177. The van der Waals surface area contributed by atoms with E-state index >= 15 is 0 Å². The summed E-state index contributed by atoms with van der Waals surface area (Å²) in [6.45, 7) is 0. The molecule has 6 aromatic carbocycles. The first-order valence-corrected chi connectivity index (χ1v) is 16.3. The van der Waals surface area contributed by atoms with Crippen LogP contribution in [-0.4, -0.2) is 19.5 Å². The fourth-order valence-corrected chi connectivity index (χ4v) is 6.73. The van der Waals surface area contributed by atoms with Crippen LogP contribution in [0.4, 0.5) is 0 Å². The Hall–Kier alpha value is -6.10. The smallest absolute Gasteiger partial charge is 0.160 e. The van der Waals surface area contributed by atoms with Crippen LogP contribution in [0.1, 0.15) is 0 Å². The van der Waals surface area contributed by atoms with Gasteiger partial charge >= 0.3 is 0 Å². The molecular weight excluding hydrogens is 608 g/mol. The zero-order valence-electron chi connectivity index (χ0n) is 25.8. The molecule has 0 atom stereocenters. The second-order valence-electron chi connectivity index (χ2n) is 11.9. The van der Waals surface area contributed by atoms with Crippen LogP contribution in [0.25, 0.3) is 83.4 Å². The molecule has 5 heteroatoms. The Labute approximate surface area is 282 Å². The minimum Gasteiger partial charge on any atom is -0.309 e. The third-order valence-corrected chi connectivity index (χ3v) is 9.12. The topological polar surface area (TPSA) is 43.6 Å². The lowest BCUT2D eigenvalue weighted by Crippen LogP contribution is -1.97. The molecule has 0 saturated heterocycles. The van der Waals surface area contributed by atoms with Crippen LogP contribution in [0, 0.1) is 0 Å². The Bertz CT molecular complexity index is 2570. The number of aromatic nitrogens is 4. The van der Waals surface area contributed by atoms with Crippen molar-refractivity contribution in [3.05, 3.63) is 169 Å². The minimum atomic E-state index is 0.485. The lowest BCUT2D eigenvalue weighted by Gasteiger charge is -2.12. The summed E-state index contributed by atoms with van der Waals surface area (Å²) in [4.78, 5) is 14.7. The number of hydrogen-bond acceptors (Lipinski definition) is 3. The monoisotopic (exact) mass is 634 g/mol. The maximum atomic E-state index is 6.21. The molecule has 0 spiro atoms. The lowest BCUT2D eigenvalue weighted by molar-refractivity contribution is 1.17. The molecule has 3 heterocycles. The first kappa shape index (κ1) is 28.1. The number of pyridine rings is 1. The van der Waals surface area contributed by atoms with Crippen molar-refractivity contribution in [3.63, 3.8) is 0 Å². The summed E-state index contributed by atoms with van der Waals surface area (Å²) < 4.78 is 2.33. The largest absolute Gasteiger partial charge is 0.309 e. The Balaban J connectivity index is 1.15. The predicted octanol–water partition coefficient (Wildman–Crippen LogP) is 11.4. The van der Waals surface area contributed by atoms with Gasteiger partial charge in [-0.05, 0) is 65.7 Å². The van der Waals surface area contributed by atoms with Crippen molar-refractivity contribution in [2.45, 2.75) is 0 Å². The van der Waals surface area contributed by atoms with Crippen molar-refractivity contribution < 1.29 is 0 Å². The number of fused-ring (bicyclic) bond motifs is 4. The fourth-order valence-electron chi connectivity index (χ4n) is 6.57. The van der Waals surface area contributed by atoms with Gasteiger partial charge in [0.1, 0.15) is 5.15 Å². The summed E-state index contributed by atoms with van der Waals surface area (Å²) in [5.74, 6) is 0.685. The van der Waals surface area contributed by atoms with E-state index < -0.39 is 0 Å². The SMILES string of the molecule is Clc1ccc2ccc(-c3cccc(-c4cc(-c5ccc(-n6c7ccccc7c7ccccc76)cc5)nc(-c5ccccc5)n4)c3)cc2n1. The summed E-state index contributed by atoms with van der Waals surface area (Å²) >= 11 is 6.21. The van der Waals surface area contributed by atoms with Gasteiger partial charge in [-0.15, -0.1) is 0 Å². The molecule has 0 aliphatic rings. The molecule has 0 unspecified atom stereocenters. The average Bonchev–Trinajstić information content (AvgIpc) is 3.49. The number of rotatable bonds is 5. The Morgan fingerprint density at radius 3 is 1.75 bits per heavy atom. The van der Waals surface area contributed by atoms with Crippen molar-refractivity contribution in [1.29, 1.82) is 0 Å². The molecule has 0 saturated carbocycles. The molecule has 4 nitrogen and oxygen atoms in total. The van der Waals surface area contributed by atoms with E-state index in [1.165, 1.54) is 21.8 Å². The van der Waals surface area contributed by atoms with Gasteiger partial charge in [0.2, 0.25) is 0 Å². The van der Waals surface area contributed by atoms with E-state index in [9.17, 15) is 0 Å². The summed E-state index contributed by atoms with van der Waals surface area (Å²) in [5.41, 5.74) is 11.2. The number of halogens is 1. The maximum absolute atomic E-state index is 6.21. The summed E-state index contributed by atoms with van der Waals surface area (Å²) in [5, 5.41) is 4.03. The van der Waals surface area contributed by atoms with Crippen LogP contribution in [0.5, 0.6) is 0 Å². The molecule has 0 aliphatic carbocycles. The average molecular weight is 635 g/mol. The highest BCUT2D eigenvalue weighted by molar-refractivity contribution is 6.29. The zero-order valence-corrected chi connectivity index (χ0v) is 26.5. The molecule has 0 amide bonds. The molecule has 9 rings (SSSR count). The second kappa shape index (κ2) is 11.6. The highest BCUT2D eigenvalue weighted by atomic mass is 35.5. The summed E-state index contributed by atoms with van der Waals surface area (Å²) in [6.07, 6.45) is 0. The Morgan fingerprint density at radius 1 is 0.417 bits per heavy atom. The number of para-hydroxylation sites is 2. The molecule has 9 aromatic rings. The van der Waals surface area contributed by atoms with Crippen molar-refractivity contribution in [2.75, 3.05) is 0 Å². The van der Waals surface area contributed by atoms with Gasteiger partial charge in [-0.1, -0.05) is 121 Å². The molecule has 3 aromatic heterocycles. The van der Waals surface area contributed by atoms with Crippen LogP contribution in [0.2, 0.25) is 5.15 Å². The molecule has 0 aliphatic heterocycles. The van der Waals surface area contributed by atoms with Gasteiger partial charge < -0.3 is 4.57 Å². The van der Waals surface area contributed by atoms with E-state index in [1.54, 1.807) is 0 Å². The minimum absolute atomic E-state index is 0.485. The van der Waals surface area contributed by atoms with Crippen LogP contribution in [0.3, 0.4) is 0 Å². The predicted molar refractivity (Wildman–Crippen MR) is 198 cm³/mol. The van der Waals surface area contributed by atoms with Crippen LogP contribution in [0.15, 0.2) is 164 Å². The molecule has 0 N–H and O–H groups in total. The third kappa shape index (κ3) is 5.00. The standard InChI is InChI=1S/C43H27ClN4/c44-42-24-21-28-17-18-32(26-37(28)45-42)31-11-8-12-33(25-31)39-27-38(46-43(47-39)30-9-2-1-3-10-30)29-19-22-34(23-20-29)48-40-15-6-4-13-35(40)36-14-5-7-16-41(36)48/h1-27H. The van der Waals surface area contributed by atoms with E-state index in [0.29, 0.717) is 11.0 Å². The fraction of sp³-hybridized carbons (Fsp3) is 0. The maximum Gasteiger partial charge on any atom is 0.160 e. The Kier molecular flexibility index (Phi) is 6.81. The first-order chi connectivity index (χ1) is 23.7. The molecule has 48 heavy (non-hydrogen) atoms. The first-order valence-electron chi connectivity index (χ1n) is 15.9. The van der Waals surface area contributed by atoms with Crippen molar-refractivity contribution in [2.24, 2.45) is 0 Å². The summed E-state index contributed by atoms with van der Waals surface area (Å²) in [6, 6.07) is 56.6. The highest BCUT2D eigenvalue weighted by Crippen LogP contribution is 2.34. The van der Waals surface area contributed by atoms with E-state index in [4.69, 9.17) is 21.6 Å². The number of benzene rings is 6. The van der Waals surface area contributed by atoms with Gasteiger partial charge in [0.05, 0.1) is 27.9 Å². The zero-order chi connectivity index (χ0) is 32.0. The van der Waals surface area contributed by atoms with Crippen LogP contribution < -0.4 is 0 Å². The lowest BCUT2D eigenvalue weighted by atomic mass is 9.99. The normalized spacial score (nSPS) is 11.4. The van der Waals surface area contributed by atoms with Crippen molar-refractivity contribution in [1.82, 2.24) is 19.5 Å². The van der Waals surface area contributed by atoms with Gasteiger partial charge in [-0.3, -0.25) is 0 Å². The molecule has 0 fully saturated rings. The van der Waals surface area contributed by atoms with Gasteiger partial charge in [0.15, 0.2) is 5.82 Å². The van der Waals surface area contributed by atoms with Crippen LogP contribution in [-0.2, 0) is 0 Å². The molecule has 0 radical (unpaired) electrons. The van der Waals surface area contributed by atoms with E-state index in [0.717, 1.165) is 55.8 Å². The number of nitrogens with zero attached hydrogens (tertiary/aromatic N) is 4. The third-order valence-electron chi connectivity index (χ3n) is 8.91. The molecule has 0 bridgehead atoms. The molecular formula is C43H27ClN4. The molecule has 226 valence electrons. The van der Waals surface area contributed by atoms with E-state index in [-0.39, 0.29) is 0 Å². The number of hydrogen-bond donors (Lipinski definition) is 0. The van der Waals surface area contributed by atoms with Gasteiger partial charge in [0, 0.05) is 38.5 Å². The van der Waals surface area contributed by atoms with E-state index in [2.05, 4.69) is 143 Å². The van der Waals surface area contributed by atoms with Gasteiger partial charge in [0.25, 0.3) is 0 Å². The second-order valence-corrected chi connectivity index (χ2v) is 12.3. The van der Waals surface area contributed by atoms with Crippen molar-refractivity contribution >= 4 is 44.3 Å². The Morgan fingerprint density at radius 2 is 1.00 bits per heavy atom. The van der Waals surface area contributed by atoms with Gasteiger partial charge in [-0.2, -0.15) is 0 Å². The van der Waals surface area contributed by atoms with Crippen molar-refractivity contribution in [3.8, 4) is 50.7 Å². The van der Waals surface area contributed by atoms with Crippen LogP contribution >= 0.6 is 11.6 Å². The highest BCUT2D eigenvalue weighted by Gasteiger charge is 2.14. The van der Waals surface area contributed by atoms with E-state index in [1.807, 2.05) is 30.3 Å². The summed E-state index contributed by atoms with van der Waals surface area (Å²) in [7, 11) is 0. The van der Waals surface area contributed by atoms with Gasteiger partial charge in [-0.25, -0.2) is 15.0 Å².